The minimum atomic E-state index is -0.793. The second-order valence-corrected chi connectivity index (χ2v) is 4.90. The van der Waals surface area contributed by atoms with Crippen molar-refractivity contribution >= 4 is 23.0 Å². The van der Waals surface area contributed by atoms with Crippen LogP contribution >= 0.6 is 11.3 Å². The van der Waals surface area contributed by atoms with Gasteiger partial charge in [-0.3, -0.25) is 4.79 Å². The second kappa shape index (κ2) is 3.61. The molecule has 0 aliphatic heterocycles. The van der Waals surface area contributed by atoms with Gasteiger partial charge in [-0.15, -0.1) is 11.3 Å². The average Bonchev–Trinajstić information content (AvgIpc) is 2.51. The van der Waals surface area contributed by atoms with Crippen molar-refractivity contribution in [2.45, 2.75) is 19.3 Å². The fraction of sp³-hybridized carbons (Fsp3) is 0.500. The van der Waals surface area contributed by atoms with Crippen LogP contribution in [0.1, 0.15) is 18.7 Å². The van der Waals surface area contributed by atoms with E-state index in [1.54, 1.807) is 13.8 Å². The number of rotatable bonds is 3. The van der Waals surface area contributed by atoms with Gasteiger partial charge in [-0.2, -0.15) is 0 Å². The zero-order chi connectivity index (χ0) is 10.9. The van der Waals surface area contributed by atoms with Crippen LogP contribution in [-0.2, 0) is 10.2 Å². The Morgan fingerprint density at radius 2 is 2.07 bits per heavy atom. The predicted octanol–water partition coefficient (Wildman–Crippen LogP) is 2.18. The van der Waals surface area contributed by atoms with Crippen LogP contribution < -0.4 is 4.90 Å². The van der Waals surface area contributed by atoms with Crippen LogP contribution in [0.15, 0.2) is 11.4 Å². The average molecular weight is 213 g/mol. The lowest BCUT2D eigenvalue weighted by atomic mass is 9.92. The van der Waals surface area contributed by atoms with Crippen LogP contribution in [0, 0.1) is 0 Å². The minimum absolute atomic E-state index is 0.787. The number of hydrogen-bond acceptors (Lipinski definition) is 3. The molecule has 1 aromatic heterocycles. The van der Waals surface area contributed by atoms with Gasteiger partial charge in [-0.25, -0.2) is 0 Å². The number of hydrogen-bond donors (Lipinski definition) is 1. The van der Waals surface area contributed by atoms with Gasteiger partial charge >= 0.3 is 5.97 Å². The number of carboxylic acids is 1. The topological polar surface area (TPSA) is 40.5 Å². The molecule has 0 unspecified atom stereocenters. The van der Waals surface area contributed by atoms with E-state index in [4.69, 9.17) is 5.11 Å². The van der Waals surface area contributed by atoms with E-state index in [1.165, 1.54) is 11.3 Å². The van der Waals surface area contributed by atoms with Crippen molar-refractivity contribution in [2.75, 3.05) is 19.0 Å². The highest BCUT2D eigenvalue weighted by Crippen LogP contribution is 2.32. The summed E-state index contributed by atoms with van der Waals surface area (Å²) < 4.78 is 0. The first-order valence-electron chi connectivity index (χ1n) is 4.35. The molecule has 0 bridgehead atoms. The van der Waals surface area contributed by atoms with Crippen LogP contribution in [0.5, 0.6) is 0 Å². The fourth-order valence-corrected chi connectivity index (χ4v) is 2.09. The third-order valence-electron chi connectivity index (χ3n) is 2.25. The zero-order valence-corrected chi connectivity index (χ0v) is 9.68. The van der Waals surface area contributed by atoms with Crippen LogP contribution in [0.3, 0.4) is 0 Å². The summed E-state index contributed by atoms with van der Waals surface area (Å²) >= 11 is 1.49. The second-order valence-electron chi connectivity index (χ2n) is 3.99. The molecule has 0 saturated carbocycles. The Balaban J connectivity index is 3.03. The van der Waals surface area contributed by atoms with Crippen molar-refractivity contribution in [3.05, 3.63) is 16.3 Å². The number of carboxylic acid groups (broad SMARTS) is 1. The first-order chi connectivity index (χ1) is 6.35. The normalized spacial score (nSPS) is 11.4. The molecule has 4 heteroatoms. The zero-order valence-electron chi connectivity index (χ0n) is 8.87. The van der Waals surface area contributed by atoms with Crippen LogP contribution in [0.2, 0.25) is 0 Å². The molecule has 0 atom stereocenters. The first kappa shape index (κ1) is 11.0. The molecule has 14 heavy (non-hydrogen) atoms. The molecular weight excluding hydrogens is 198 g/mol. The number of anilines is 1. The lowest BCUT2D eigenvalue weighted by Gasteiger charge is -2.16. The molecule has 1 aromatic rings. The van der Waals surface area contributed by atoms with Gasteiger partial charge in [-0.05, 0) is 19.9 Å². The molecule has 0 saturated heterocycles. The summed E-state index contributed by atoms with van der Waals surface area (Å²) in [6.45, 7) is 3.45. The minimum Gasteiger partial charge on any atom is -0.481 e. The molecule has 78 valence electrons. The molecular formula is C10H15NO2S. The van der Waals surface area contributed by atoms with E-state index in [9.17, 15) is 4.79 Å². The van der Waals surface area contributed by atoms with Gasteiger partial charge in [-0.1, -0.05) is 0 Å². The van der Waals surface area contributed by atoms with E-state index in [0.29, 0.717) is 0 Å². The van der Waals surface area contributed by atoms with Crippen LogP contribution in [0.25, 0.3) is 0 Å². The van der Waals surface area contributed by atoms with Gasteiger partial charge in [0, 0.05) is 30.0 Å². The van der Waals surface area contributed by atoms with Gasteiger partial charge in [0.25, 0.3) is 0 Å². The quantitative estimate of drug-likeness (QED) is 0.836. The molecule has 1 N–H and O–H groups in total. The number of nitrogens with zero attached hydrogens (tertiary/aromatic N) is 1. The van der Waals surface area contributed by atoms with Crippen molar-refractivity contribution < 1.29 is 9.90 Å². The summed E-state index contributed by atoms with van der Waals surface area (Å²) in [6, 6.07) is 1.93. The maximum atomic E-state index is 11.0. The van der Waals surface area contributed by atoms with Gasteiger partial charge in [0.1, 0.15) is 0 Å². The summed E-state index contributed by atoms with van der Waals surface area (Å²) in [4.78, 5) is 13.8. The Hall–Kier alpha value is -1.03. The number of thiophene rings is 1. The molecule has 0 radical (unpaired) electrons. The summed E-state index contributed by atoms with van der Waals surface area (Å²) in [5.74, 6) is -0.787. The Morgan fingerprint density at radius 1 is 1.50 bits per heavy atom. The molecule has 0 aliphatic rings. The molecule has 3 nitrogen and oxygen atoms in total. The van der Waals surface area contributed by atoms with E-state index in [2.05, 4.69) is 0 Å². The van der Waals surface area contributed by atoms with E-state index in [1.807, 2.05) is 30.4 Å². The van der Waals surface area contributed by atoms with Crippen molar-refractivity contribution in [3.8, 4) is 0 Å². The van der Waals surface area contributed by atoms with Crippen LogP contribution in [-0.4, -0.2) is 25.2 Å². The molecule has 0 aliphatic carbocycles. The highest BCUT2D eigenvalue weighted by atomic mass is 32.1. The van der Waals surface area contributed by atoms with Gasteiger partial charge in [0.2, 0.25) is 0 Å². The summed E-state index contributed by atoms with van der Waals surface area (Å²) in [7, 11) is 3.89. The Morgan fingerprint density at radius 3 is 2.43 bits per heavy atom. The highest BCUT2D eigenvalue weighted by molar-refractivity contribution is 7.10. The van der Waals surface area contributed by atoms with Gasteiger partial charge < -0.3 is 10.0 Å². The third-order valence-corrected chi connectivity index (χ3v) is 3.49. The van der Waals surface area contributed by atoms with E-state index < -0.39 is 11.4 Å². The largest absolute Gasteiger partial charge is 0.481 e. The Bertz CT molecular complexity index is 342. The molecule has 0 spiro atoms. The van der Waals surface area contributed by atoms with Gasteiger partial charge in [0.05, 0.1) is 5.41 Å². The summed E-state index contributed by atoms with van der Waals surface area (Å²) in [5, 5.41) is 11.0. The van der Waals surface area contributed by atoms with Crippen molar-refractivity contribution in [2.24, 2.45) is 0 Å². The first-order valence-corrected chi connectivity index (χ1v) is 5.23. The van der Waals surface area contributed by atoms with Crippen molar-refractivity contribution in [1.82, 2.24) is 0 Å². The van der Waals surface area contributed by atoms with Crippen molar-refractivity contribution in [1.29, 1.82) is 0 Å². The number of aliphatic carboxylic acids is 1. The molecule has 0 fully saturated rings. The number of carbonyl (C=O) groups is 1. The summed E-state index contributed by atoms with van der Waals surface area (Å²) in [5.41, 5.74) is 0.262. The Kier molecular flexibility index (Phi) is 2.85. The highest BCUT2D eigenvalue weighted by Gasteiger charge is 2.31. The van der Waals surface area contributed by atoms with E-state index in [0.717, 1.165) is 10.6 Å². The van der Waals surface area contributed by atoms with Crippen molar-refractivity contribution in [3.63, 3.8) is 0 Å². The maximum absolute atomic E-state index is 11.0. The fourth-order valence-electron chi connectivity index (χ4n) is 0.994. The Labute approximate surface area is 88.0 Å². The van der Waals surface area contributed by atoms with Crippen LogP contribution in [0.4, 0.5) is 5.69 Å². The summed E-state index contributed by atoms with van der Waals surface area (Å²) in [6.07, 6.45) is 0. The molecule has 0 amide bonds. The standard InChI is InChI=1S/C10H15NO2S/c1-10(2,9(12)13)8-5-7(6-14-8)11(3)4/h5-6H,1-4H3,(H,12,13). The predicted molar refractivity (Wildman–Crippen MR) is 59.3 cm³/mol. The SMILES string of the molecule is CN(C)c1csc(C(C)(C)C(=O)O)c1. The lowest BCUT2D eigenvalue weighted by molar-refractivity contribution is -0.142. The molecule has 1 heterocycles. The van der Waals surface area contributed by atoms with E-state index >= 15 is 0 Å². The monoisotopic (exact) mass is 213 g/mol. The maximum Gasteiger partial charge on any atom is 0.314 e. The molecule has 0 aromatic carbocycles. The lowest BCUT2D eigenvalue weighted by Crippen LogP contribution is -2.27. The molecule has 1 rings (SSSR count). The van der Waals surface area contributed by atoms with E-state index in [-0.39, 0.29) is 0 Å². The smallest absolute Gasteiger partial charge is 0.314 e. The van der Waals surface area contributed by atoms with Gasteiger partial charge in [0.15, 0.2) is 0 Å². The third kappa shape index (κ3) is 1.90.